The van der Waals surface area contributed by atoms with E-state index in [-0.39, 0.29) is 11.8 Å². The fraction of sp³-hybridized carbons (Fsp3) is 0.409. The summed E-state index contributed by atoms with van der Waals surface area (Å²) < 4.78 is 0. The normalized spacial score (nSPS) is 17.1. The second kappa shape index (κ2) is 8.42. The highest BCUT2D eigenvalue weighted by molar-refractivity contribution is 5.99. The number of nitrogens with one attached hydrogen (secondary N) is 1. The molecule has 6 nitrogen and oxygen atoms in total. The van der Waals surface area contributed by atoms with E-state index in [1.54, 1.807) is 17.0 Å². The van der Waals surface area contributed by atoms with E-state index in [2.05, 4.69) is 21.3 Å². The Labute approximate surface area is 165 Å². The molecule has 2 aliphatic heterocycles. The van der Waals surface area contributed by atoms with E-state index in [0.29, 0.717) is 18.5 Å². The number of rotatable bonds is 5. The number of piperidine rings is 1. The van der Waals surface area contributed by atoms with Crippen molar-refractivity contribution < 1.29 is 9.59 Å². The Balaban J connectivity index is 1.40. The van der Waals surface area contributed by atoms with Gasteiger partial charge in [-0.05, 0) is 61.6 Å². The first-order valence-electron chi connectivity index (χ1n) is 10.1. The quantitative estimate of drug-likeness (QED) is 0.868. The molecule has 0 spiro atoms. The third kappa shape index (κ3) is 4.16. The fourth-order valence-electron chi connectivity index (χ4n) is 3.89. The van der Waals surface area contributed by atoms with Crippen molar-refractivity contribution in [2.45, 2.75) is 38.6 Å². The lowest BCUT2D eigenvalue weighted by Crippen LogP contribution is -2.30. The predicted octanol–water partition coefficient (Wildman–Crippen LogP) is 3.13. The summed E-state index contributed by atoms with van der Waals surface area (Å²) in [7, 11) is 0. The van der Waals surface area contributed by atoms with E-state index in [1.165, 1.54) is 19.3 Å². The highest BCUT2D eigenvalue weighted by Crippen LogP contribution is 2.22. The Kier molecular flexibility index (Phi) is 5.55. The van der Waals surface area contributed by atoms with Gasteiger partial charge >= 0.3 is 0 Å². The van der Waals surface area contributed by atoms with E-state index < -0.39 is 0 Å². The number of pyridine rings is 1. The first-order valence-corrected chi connectivity index (χ1v) is 10.1. The van der Waals surface area contributed by atoms with E-state index >= 15 is 0 Å². The van der Waals surface area contributed by atoms with Gasteiger partial charge in [-0.2, -0.15) is 0 Å². The van der Waals surface area contributed by atoms with Crippen molar-refractivity contribution in [3.63, 3.8) is 0 Å². The summed E-state index contributed by atoms with van der Waals surface area (Å²) in [5.41, 5.74) is 2.41. The van der Waals surface area contributed by atoms with Crippen molar-refractivity contribution in [1.82, 2.24) is 10.3 Å². The molecule has 0 aliphatic carbocycles. The van der Waals surface area contributed by atoms with Crippen molar-refractivity contribution in [3.05, 3.63) is 53.7 Å². The Morgan fingerprint density at radius 3 is 2.68 bits per heavy atom. The van der Waals surface area contributed by atoms with Crippen molar-refractivity contribution in [3.8, 4) is 0 Å². The fourth-order valence-corrected chi connectivity index (χ4v) is 3.89. The molecule has 6 heteroatoms. The zero-order valence-corrected chi connectivity index (χ0v) is 16.1. The maximum absolute atomic E-state index is 12.6. The number of aromatic nitrogens is 1. The average molecular weight is 378 g/mol. The number of carbonyl (C=O) groups is 2. The van der Waals surface area contributed by atoms with Crippen LogP contribution in [0.5, 0.6) is 0 Å². The van der Waals surface area contributed by atoms with Crippen LogP contribution in [0.25, 0.3) is 0 Å². The Hall–Kier alpha value is -2.89. The molecule has 1 aromatic heterocycles. The maximum Gasteiger partial charge on any atom is 0.251 e. The molecule has 1 N–H and O–H groups in total. The van der Waals surface area contributed by atoms with E-state index in [9.17, 15) is 9.59 Å². The molecule has 2 saturated heterocycles. The Morgan fingerprint density at radius 1 is 1.04 bits per heavy atom. The van der Waals surface area contributed by atoms with Crippen LogP contribution >= 0.6 is 0 Å². The van der Waals surface area contributed by atoms with Gasteiger partial charge in [0.2, 0.25) is 5.91 Å². The van der Waals surface area contributed by atoms with Crippen molar-refractivity contribution in [1.29, 1.82) is 0 Å². The van der Waals surface area contributed by atoms with Crippen LogP contribution in [0.3, 0.4) is 0 Å². The van der Waals surface area contributed by atoms with Crippen molar-refractivity contribution >= 4 is 23.3 Å². The molecule has 2 fully saturated rings. The zero-order chi connectivity index (χ0) is 19.3. The molecule has 2 amide bonds. The van der Waals surface area contributed by atoms with Gasteiger partial charge in [0.1, 0.15) is 5.82 Å². The monoisotopic (exact) mass is 378 g/mol. The van der Waals surface area contributed by atoms with E-state index in [0.717, 1.165) is 43.1 Å². The summed E-state index contributed by atoms with van der Waals surface area (Å²) in [5, 5.41) is 2.99. The zero-order valence-electron chi connectivity index (χ0n) is 16.1. The molecule has 4 rings (SSSR count). The number of anilines is 2. The van der Waals surface area contributed by atoms with Gasteiger partial charge in [-0.3, -0.25) is 9.59 Å². The summed E-state index contributed by atoms with van der Waals surface area (Å²) in [6.45, 7) is 3.27. The van der Waals surface area contributed by atoms with Crippen LogP contribution < -0.4 is 15.1 Å². The lowest BCUT2D eigenvalue weighted by Gasteiger charge is -2.27. The van der Waals surface area contributed by atoms with Crippen LogP contribution in [-0.2, 0) is 11.3 Å². The van der Waals surface area contributed by atoms with Crippen LogP contribution in [0.1, 0.15) is 48.0 Å². The largest absolute Gasteiger partial charge is 0.357 e. The second-order valence-electron chi connectivity index (χ2n) is 7.45. The molecule has 0 atom stereocenters. The highest BCUT2D eigenvalue weighted by atomic mass is 16.2. The smallest absolute Gasteiger partial charge is 0.251 e. The molecule has 2 aliphatic rings. The summed E-state index contributed by atoms with van der Waals surface area (Å²) >= 11 is 0. The number of benzene rings is 1. The van der Waals surface area contributed by atoms with Gasteiger partial charge in [-0.25, -0.2) is 4.98 Å². The van der Waals surface area contributed by atoms with Crippen molar-refractivity contribution in [2.24, 2.45) is 0 Å². The van der Waals surface area contributed by atoms with Crippen LogP contribution in [0.2, 0.25) is 0 Å². The minimum atomic E-state index is -0.134. The molecular formula is C22H26N4O2. The van der Waals surface area contributed by atoms with Gasteiger partial charge in [-0.15, -0.1) is 0 Å². The van der Waals surface area contributed by atoms with Crippen LogP contribution in [0, 0.1) is 0 Å². The predicted molar refractivity (Wildman–Crippen MR) is 110 cm³/mol. The molecule has 28 heavy (non-hydrogen) atoms. The maximum atomic E-state index is 12.6. The molecule has 0 unspecified atom stereocenters. The molecule has 146 valence electrons. The summed E-state index contributed by atoms with van der Waals surface area (Å²) in [6, 6.07) is 11.3. The second-order valence-corrected chi connectivity index (χ2v) is 7.45. The molecular weight excluding hydrogens is 352 g/mol. The van der Waals surface area contributed by atoms with Gasteiger partial charge in [0.15, 0.2) is 0 Å². The van der Waals surface area contributed by atoms with E-state index in [1.807, 2.05) is 24.4 Å². The van der Waals surface area contributed by atoms with Crippen LogP contribution in [-0.4, -0.2) is 36.4 Å². The SMILES string of the molecule is O=C(NCc1ccnc(N2CCCCC2)c1)c1cccc(N2CCCC2=O)c1. The van der Waals surface area contributed by atoms with Gasteiger partial charge in [-0.1, -0.05) is 6.07 Å². The lowest BCUT2D eigenvalue weighted by atomic mass is 10.1. The van der Waals surface area contributed by atoms with E-state index in [4.69, 9.17) is 0 Å². The standard InChI is InChI=1S/C22H26N4O2/c27-21-8-5-13-26(21)19-7-4-6-18(15-19)22(28)24-16-17-9-10-23-20(14-17)25-11-2-1-3-12-25/h4,6-7,9-10,14-15H,1-3,5,8,11-13,16H2,(H,24,28). The molecule has 0 bridgehead atoms. The first-order chi connectivity index (χ1) is 13.7. The highest BCUT2D eigenvalue weighted by Gasteiger charge is 2.22. The summed E-state index contributed by atoms with van der Waals surface area (Å²) in [4.78, 5) is 33.1. The third-order valence-corrected chi connectivity index (χ3v) is 5.44. The topological polar surface area (TPSA) is 65.5 Å². The summed E-state index contributed by atoms with van der Waals surface area (Å²) in [6.07, 6.45) is 6.96. The van der Waals surface area contributed by atoms with Gasteiger partial charge < -0.3 is 15.1 Å². The number of nitrogens with zero attached hydrogens (tertiary/aromatic N) is 3. The molecule has 0 radical (unpaired) electrons. The molecule has 2 aromatic rings. The number of hydrogen-bond donors (Lipinski definition) is 1. The van der Waals surface area contributed by atoms with Crippen LogP contribution in [0.15, 0.2) is 42.6 Å². The average Bonchev–Trinajstić information content (AvgIpc) is 3.19. The third-order valence-electron chi connectivity index (χ3n) is 5.44. The van der Waals surface area contributed by atoms with Crippen LogP contribution in [0.4, 0.5) is 11.5 Å². The molecule has 1 aromatic carbocycles. The molecule has 3 heterocycles. The Bertz CT molecular complexity index is 861. The summed E-state index contributed by atoms with van der Waals surface area (Å²) in [5.74, 6) is 0.977. The van der Waals surface area contributed by atoms with Gasteiger partial charge in [0.05, 0.1) is 0 Å². The van der Waals surface area contributed by atoms with Crippen molar-refractivity contribution in [2.75, 3.05) is 29.4 Å². The lowest BCUT2D eigenvalue weighted by molar-refractivity contribution is -0.117. The minimum absolute atomic E-state index is 0.125. The number of hydrogen-bond acceptors (Lipinski definition) is 4. The van der Waals surface area contributed by atoms with Gasteiger partial charge in [0, 0.05) is 50.0 Å². The minimum Gasteiger partial charge on any atom is -0.357 e. The number of amides is 2. The Morgan fingerprint density at radius 2 is 1.89 bits per heavy atom. The number of carbonyl (C=O) groups excluding carboxylic acids is 2. The van der Waals surface area contributed by atoms with Gasteiger partial charge in [0.25, 0.3) is 5.91 Å². The molecule has 0 saturated carbocycles. The first kappa shape index (κ1) is 18.5.